The van der Waals surface area contributed by atoms with Crippen molar-refractivity contribution in [3.63, 3.8) is 0 Å². The molecular weight excluding hydrogens is 388 g/mol. The van der Waals surface area contributed by atoms with Gasteiger partial charge in [0.25, 0.3) is 0 Å². The van der Waals surface area contributed by atoms with Crippen LogP contribution in [0.2, 0.25) is 0 Å². The first-order valence-electron chi connectivity index (χ1n) is 10.9. The number of benzene rings is 2. The topological polar surface area (TPSA) is 59.3 Å². The Hall–Kier alpha value is -2.77. The lowest BCUT2D eigenvalue weighted by Gasteiger charge is -2.39. The number of hydrogen-bond acceptors (Lipinski definition) is 6. The van der Waals surface area contributed by atoms with E-state index in [1.165, 1.54) is 5.56 Å². The van der Waals surface area contributed by atoms with Crippen molar-refractivity contribution >= 4 is 0 Å². The van der Waals surface area contributed by atoms with Crippen molar-refractivity contribution in [3.05, 3.63) is 71.5 Å². The second kappa shape index (κ2) is 9.16. The molecule has 0 radical (unpaired) electrons. The minimum absolute atomic E-state index is 0.0655. The summed E-state index contributed by atoms with van der Waals surface area (Å²) in [6, 6.07) is 18.8. The van der Waals surface area contributed by atoms with Gasteiger partial charge >= 0.3 is 0 Å². The van der Waals surface area contributed by atoms with E-state index in [4.69, 9.17) is 4.74 Å². The van der Waals surface area contributed by atoms with Gasteiger partial charge in [0.2, 0.25) is 0 Å². The predicted molar refractivity (Wildman–Crippen MR) is 121 cm³/mol. The molecule has 1 aromatic heterocycles. The van der Waals surface area contributed by atoms with Gasteiger partial charge in [-0.15, -0.1) is 5.10 Å². The maximum Gasteiger partial charge on any atom is 0.173 e. The number of hydrogen-bond donors (Lipinski definition) is 0. The first-order chi connectivity index (χ1) is 15.0. The smallest absolute Gasteiger partial charge is 0.173 e. The molecule has 1 fully saturated rings. The summed E-state index contributed by atoms with van der Waals surface area (Å²) in [6.45, 7) is 11.2. The molecule has 1 aliphatic rings. The molecule has 7 nitrogen and oxygen atoms in total. The third-order valence-electron chi connectivity index (χ3n) is 5.83. The number of ether oxygens (including phenoxy) is 1. The quantitative estimate of drug-likeness (QED) is 0.610. The molecule has 0 spiro atoms. The molecule has 2 heterocycles. The Kier molecular flexibility index (Phi) is 6.34. The van der Waals surface area contributed by atoms with Crippen LogP contribution in [0.15, 0.2) is 54.6 Å². The average molecular weight is 421 g/mol. The van der Waals surface area contributed by atoms with E-state index in [2.05, 4.69) is 88.6 Å². The number of rotatable bonds is 6. The minimum Gasteiger partial charge on any atom is -0.496 e. The van der Waals surface area contributed by atoms with Crippen LogP contribution >= 0.6 is 0 Å². The van der Waals surface area contributed by atoms with Gasteiger partial charge in [-0.25, -0.2) is 4.68 Å². The molecule has 3 aromatic rings. The molecule has 2 aromatic carbocycles. The van der Waals surface area contributed by atoms with Crippen molar-refractivity contribution in [3.8, 4) is 5.75 Å². The lowest BCUT2D eigenvalue weighted by molar-refractivity contribution is 0.0970. The van der Waals surface area contributed by atoms with Crippen LogP contribution < -0.4 is 4.74 Å². The third-order valence-corrected chi connectivity index (χ3v) is 5.83. The zero-order valence-corrected chi connectivity index (χ0v) is 18.9. The number of methoxy groups -OCH3 is 1. The van der Waals surface area contributed by atoms with Crippen LogP contribution in [-0.4, -0.2) is 63.3 Å². The van der Waals surface area contributed by atoms with E-state index >= 15 is 0 Å². The fourth-order valence-electron chi connectivity index (χ4n) is 4.26. The van der Waals surface area contributed by atoms with Crippen molar-refractivity contribution in [2.75, 3.05) is 33.3 Å². The highest BCUT2D eigenvalue weighted by atomic mass is 16.5. The lowest BCUT2D eigenvalue weighted by Crippen LogP contribution is -2.48. The Morgan fingerprint density at radius 1 is 0.935 bits per heavy atom. The van der Waals surface area contributed by atoms with Gasteiger partial charge in [0.1, 0.15) is 11.8 Å². The molecule has 0 aliphatic carbocycles. The number of aromatic nitrogens is 4. The largest absolute Gasteiger partial charge is 0.496 e. The highest BCUT2D eigenvalue weighted by Gasteiger charge is 2.34. The Bertz CT molecular complexity index is 973. The summed E-state index contributed by atoms with van der Waals surface area (Å²) in [5.74, 6) is 1.72. The Balaban J connectivity index is 1.61. The fourth-order valence-corrected chi connectivity index (χ4v) is 4.26. The van der Waals surface area contributed by atoms with E-state index in [1.54, 1.807) is 7.11 Å². The van der Waals surface area contributed by atoms with Crippen LogP contribution in [-0.2, 0) is 12.1 Å². The molecule has 0 saturated carbocycles. The second-order valence-corrected chi connectivity index (χ2v) is 9.06. The molecule has 164 valence electrons. The van der Waals surface area contributed by atoms with E-state index in [0.29, 0.717) is 0 Å². The van der Waals surface area contributed by atoms with Crippen LogP contribution in [0.25, 0.3) is 0 Å². The minimum atomic E-state index is -0.214. The molecule has 31 heavy (non-hydrogen) atoms. The van der Waals surface area contributed by atoms with E-state index in [-0.39, 0.29) is 11.6 Å². The monoisotopic (exact) mass is 420 g/mol. The van der Waals surface area contributed by atoms with Gasteiger partial charge in [0, 0.05) is 38.3 Å². The third kappa shape index (κ3) is 4.78. The van der Waals surface area contributed by atoms with Gasteiger partial charge in [0.15, 0.2) is 5.82 Å². The van der Waals surface area contributed by atoms with Gasteiger partial charge < -0.3 is 4.74 Å². The summed E-state index contributed by atoms with van der Waals surface area (Å²) >= 11 is 0. The summed E-state index contributed by atoms with van der Waals surface area (Å²) < 4.78 is 7.67. The van der Waals surface area contributed by atoms with Crippen molar-refractivity contribution in [1.29, 1.82) is 0 Å². The molecule has 0 unspecified atom stereocenters. The van der Waals surface area contributed by atoms with Gasteiger partial charge in [0.05, 0.1) is 12.6 Å². The first-order valence-corrected chi connectivity index (χ1v) is 10.9. The van der Waals surface area contributed by atoms with E-state index in [9.17, 15) is 0 Å². The Morgan fingerprint density at radius 3 is 2.29 bits per heavy atom. The maximum absolute atomic E-state index is 5.73. The average Bonchev–Trinajstić information content (AvgIpc) is 3.26. The van der Waals surface area contributed by atoms with Crippen LogP contribution in [0, 0.1) is 0 Å². The summed E-state index contributed by atoms with van der Waals surface area (Å²) in [6.07, 6.45) is 0. The Labute approximate surface area is 184 Å². The van der Waals surface area contributed by atoms with Crippen molar-refractivity contribution in [1.82, 2.24) is 30.0 Å². The van der Waals surface area contributed by atoms with Crippen molar-refractivity contribution in [2.24, 2.45) is 0 Å². The van der Waals surface area contributed by atoms with Crippen LogP contribution in [0.3, 0.4) is 0 Å². The molecule has 7 heteroatoms. The van der Waals surface area contributed by atoms with Crippen LogP contribution in [0.1, 0.15) is 43.8 Å². The van der Waals surface area contributed by atoms with Gasteiger partial charge in [-0.3, -0.25) is 9.80 Å². The maximum atomic E-state index is 5.73. The highest BCUT2D eigenvalue weighted by molar-refractivity contribution is 5.39. The van der Waals surface area contributed by atoms with Gasteiger partial charge in [-0.1, -0.05) is 48.5 Å². The van der Waals surface area contributed by atoms with E-state index in [0.717, 1.165) is 49.9 Å². The molecule has 1 atom stereocenters. The number of para-hydroxylation sites is 1. The summed E-state index contributed by atoms with van der Waals surface area (Å²) in [4.78, 5) is 4.99. The van der Waals surface area contributed by atoms with Crippen LogP contribution in [0.4, 0.5) is 0 Å². The zero-order chi connectivity index (χ0) is 21.8. The molecular formula is C24H32N6O. The summed E-state index contributed by atoms with van der Waals surface area (Å²) in [5.41, 5.74) is 2.24. The van der Waals surface area contributed by atoms with Gasteiger partial charge in [-0.2, -0.15) is 0 Å². The second-order valence-electron chi connectivity index (χ2n) is 9.06. The molecule has 1 saturated heterocycles. The van der Waals surface area contributed by atoms with Gasteiger partial charge in [-0.05, 0) is 42.8 Å². The zero-order valence-electron chi connectivity index (χ0n) is 18.9. The van der Waals surface area contributed by atoms with E-state index < -0.39 is 0 Å². The van der Waals surface area contributed by atoms with Crippen molar-refractivity contribution < 1.29 is 4.74 Å². The number of nitrogens with zero attached hydrogens (tertiary/aromatic N) is 6. The standard InChI is InChI=1S/C24H32N6O/c1-24(2,3)30-23(25-26-27-30)22(20-12-8-9-13-21(20)31-4)29-16-14-28(15-17-29)18-19-10-6-5-7-11-19/h5-13,22H,14-18H2,1-4H3/t22-/m1/s1. The lowest BCUT2D eigenvalue weighted by atomic mass is 10.0. The highest BCUT2D eigenvalue weighted by Crippen LogP contribution is 2.35. The predicted octanol–water partition coefficient (Wildman–Crippen LogP) is 3.34. The molecule has 0 N–H and O–H groups in total. The molecule has 4 rings (SSSR count). The van der Waals surface area contributed by atoms with Crippen LogP contribution in [0.5, 0.6) is 5.75 Å². The molecule has 0 bridgehead atoms. The normalized spacial score (nSPS) is 16.9. The first kappa shape index (κ1) is 21.5. The fraction of sp³-hybridized carbons (Fsp3) is 0.458. The van der Waals surface area contributed by atoms with E-state index in [1.807, 2.05) is 16.8 Å². The molecule has 1 aliphatic heterocycles. The number of tetrazole rings is 1. The Morgan fingerprint density at radius 2 is 1.61 bits per heavy atom. The molecule has 0 amide bonds. The SMILES string of the molecule is COc1ccccc1[C@H](c1nnnn1C(C)(C)C)N1CCN(Cc2ccccc2)CC1. The number of piperazine rings is 1. The van der Waals surface area contributed by atoms with Crippen molar-refractivity contribution in [2.45, 2.75) is 38.9 Å². The summed E-state index contributed by atoms with van der Waals surface area (Å²) in [7, 11) is 1.72. The summed E-state index contributed by atoms with van der Waals surface area (Å²) in [5, 5.41) is 12.9.